The fourth-order valence-corrected chi connectivity index (χ4v) is 3.05. The van der Waals surface area contributed by atoms with Crippen molar-refractivity contribution >= 4 is 11.6 Å². The van der Waals surface area contributed by atoms with Crippen molar-refractivity contribution in [1.29, 1.82) is 0 Å². The third-order valence-corrected chi connectivity index (χ3v) is 4.44. The van der Waals surface area contributed by atoms with E-state index in [0.29, 0.717) is 17.3 Å². The number of hydrogen-bond acceptors (Lipinski definition) is 4. The number of hydrogen-bond donors (Lipinski definition) is 1. The van der Waals surface area contributed by atoms with Gasteiger partial charge in [0.15, 0.2) is 5.82 Å². The van der Waals surface area contributed by atoms with E-state index < -0.39 is 5.91 Å². The Morgan fingerprint density at radius 3 is 2.48 bits per heavy atom. The average Bonchev–Trinajstić information content (AvgIpc) is 3.20. The molecule has 0 radical (unpaired) electrons. The number of ether oxygens (including phenoxy) is 1. The van der Waals surface area contributed by atoms with E-state index in [0.717, 1.165) is 16.8 Å². The van der Waals surface area contributed by atoms with Crippen LogP contribution in [0.4, 0.5) is 5.69 Å². The van der Waals surface area contributed by atoms with Gasteiger partial charge < -0.3 is 10.1 Å². The Hall–Kier alpha value is -3.93. The van der Waals surface area contributed by atoms with E-state index in [2.05, 4.69) is 15.4 Å². The summed E-state index contributed by atoms with van der Waals surface area (Å²) in [5, 5.41) is 7.32. The molecule has 0 aliphatic rings. The van der Waals surface area contributed by atoms with Crippen LogP contribution in [0.25, 0.3) is 17.1 Å². The molecule has 0 fully saturated rings. The molecule has 4 aromatic rings. The summed E-state index contributed by atoms with van der Waals surface area (Å²) in [6.07, 6.45) is 0. The van der Waals surface area contributed by atoms with E-state index in [1.54, 1.807) is 23.9 Å². The minimum Gasteiger partial charge on any atom is -0.495 e. The van der Waals surface area contributed by atoms with Crippen LogP contribution in [0, 0.1) is 6.92 Å². The van der Waals surface area contributed by atoms with Crippen LogP contribution < -0.4 is 10.1 Å². The van der Waals surface area contributed by atoms with Gasteiger partial charge in [0.25, 0.3) is 5.91 Å². The fourth-order valence-electron chi connectivity index (χ4n) is 3.05. The van der Waals surface area contributed by atoms with Crippen LogP contribution in [-0.4, -0.2) is 27.8 Å². The van der Waals surface area contributed by atoms with Gasteiger partial charge in [0.1, 0.15) is 5.75 Å². The minimum absolute atomic E-state index is 0.0799. The zero-order valence-corrected chi connectivity index (χ0v) is 16.2. The topological polar surface area (TPSA) is 69.0 Å². The SMILES string of the molecule is COc1ccccc1NC(=O)c1nc(-c2cccc(C)c2)n(-c2ccccc2)n1. The maximum absolute atomic E-state index is 12.9. The first-order valence-corrected chi connectivity index (χ1v) is 9.19. The molecule has 29 heavy (non-hydrogen) atoms. The molecule has 0 spiro atoms. The molecule has 1 heterocycles. The number of methoxy groups -OCH3 is 1. The number of benzene rings is 3. The predicted molar refractivity (Wildman–Crippen MR) is 112 cm³/mol. The van der Waals surface area contributed by atoms with E-state index in [9.17, 15) is 4.79 Å². The predicted octanol–water partition coefficient (Wildman–Crippen LogP) is 4.50. The Morgan fingerprint density at radius 2 is 1.72 bits per heavy atom. The minimum atomic E-state index is -0.405. The number of amides is 1. The molecule has 6 nitrogen and oxygen atoms in total. The average molecular weight is 384 g/mol. The van der Waals surface area contributed by atoms with Gasteiger partial charge in [-0.1, -0.05) is 54.1 Å². The molecule has 0 atom stereocenters. The van der Waals surface area contributed by atoms with Crippen LogP contribution >= 0.6 is 0 Å². The number of aromatic nitrogens is 3. The molecule has 144 valence electrons. The molecule has 4 rings (SSSR count). The van der Waals surface area contributed by atoms with Gasteiger partial charge in [0.05, 0.1) is 18.5 Å². The first-order chi connectivity index (χ1) is 14.2. The van der Waals surface area contributed by atoms with E-state index in [4.69, 9.17) is 4.74 Å². The van der Waals surface area contributed by atoms with Crippen LogP contribution in [0.1, 0.15) is 16.2 Å². The third-order valence-electron chi connectivity index (χ3n) is 4.44. The Morgan fingerprint density at radius 1 is 0.966 bits per heavy atom. The largest absolute Gasteiger partial charge is 0.495 e. The molecule has 1 amide bonds. The van der Waals surface area contributed by atoms with Crippen LogP contribution in [0.5, 0.6) is 5.75 Å². The van der Waals surface area contributed by atoms with Gasteiger partial charge in [-0.3, -0.25) is 4.79 Å². The van der Waals surface area contributed by atoms with Gasteiger partial charge in [0.2, 0.25) is 5.82 Å². The van der Waals surface area contributed by atoms with Gasteiger partial charge in [-0.15, -0.1) is 5.10 Å². The van der Waals surface area contributed by atoms with Gasteiger partial charge in [-0.05, 0) is 37.3 Å². The van der Waals surface area contributed by atoms with E-state index in [-0.39, 0.29) is 5.82 Å². The summed E-state index contributed by atoms with van der Waals surface area (Å²) in [5.74, 6) is 0.849. The van der Waals surface area contributed by atoms with Crippen molar-refractivity contribution in [2.75, 3.05) is 12.4 Å². The molecule has 3 aromatic carbocycles. The van der Waals surface area contributed by atoms with E-state index in [1.807, 2.05) is 73.7 Å². The zero-order chi connectivity index (χ0) is 20.2. The van der Waals surface area contributed by atoms with Crippen molar-refractivity contribution < 1.29 is 9.53 Å². The molecular formula is C23H20N4O2. The third kappa shape index (κ3) is 3.87. The number of anilines is 1. The van der Waals surface area contributed by atoms with Crippen molar-refractivity contribution in [2.24, 2.45) is 0 Å². The molecule has 0 aliphatic carbocycles. The lowest BCUT2D eigenvalue weighted by Crippen LogP contribution is -2.14. The van der Waals surface area contributed by atoms with Crippen molar-refractivity contribution in [2.45, 2.75) is 6.92 Å². The summed E-state index contributed by atoms with van der Waals surface area (Å²) in [6, 6.07) is 24.8. The molecule has 1 N–H and O–H groups in total. The molecular weight excluding hydrogens is 364 g/mol. The normalized spacial score (nSPS) is 10.6. The fraction of sp³-hybridized carbons (Fsp3) is 0.0870. The smallest absolute Gasteiger partial charge is 0.295 e. The highest BCUT2D eigenvalue weighted by Crippen LogP contribution is 2.25. The molecule has 6 heteroatoms. The molecule has 0 bridgehead atoms. The second kappa shape index (κ2) is 7.98. The Balaban J connectivity index is 1.76. The number of rotatable bonds is 5. The van der Waals surface area contributed by atoms with Gasteiger partial charge in [0, 0.05) is 5.56 Å². The molecule has 0 saturated carbocycles. The lowest BCUT2D eigenvalue weighted by atomic mass is 10.1. The number of carbonyl (C=O) groups is 1. The number of nitrogens with one attached hydrogen (secondary N) is 1. The second-order valence-electron chi connectivity index (χ2n) is 6.53. The Bertz CT molecular complexity index is 1150. The Labute approximate surface area is 168 Å². The van der Waals surface area contributed by atoms with Crippen LogP contribution in [0.2, 0.25) is 0 Å². The van der Waals surface area contributed by atoms with Crippen molar-refractivity contribution in [3.63, 3.8) is 0 Å². The summed E-state index contributed by atoms with van der Waals surface area (Å²) >= 11 is 0. The first-order valence-electron chi connectivity index (χ1n) is 9.19. The van der Waals surface area contributed by atoms with Gasteiger partial charge in [-0.2, -0.15) is 0 Å². The van der Waals surface area contributed by atoms with E-state index >= 15 is 0 Å². The van der Waals surface area contributed by atoms with Crippen LogP contribution in [0.3, 0.4) is 0 Å². The Kier molecular flexibility index (Phi) is 5.07. The monoisotopic (exact) mass is 384 g/mol. The number of carbonyl (C=O) groups excluding carboxylic acids is 1. The number of nitrogens with zero attached hydrogens (tertiary/aromatic N) is 3. The lowest BCUT2D eigenvalue weighted by Gasteiger charge is -2.07. The summed E-state index contributed by atoms with van der Waals surface area (Å²) in [4.78, 5) is 17.4. The van der Waals surface area contributed by atoms with Crippen LogP contribution in [-0.2, 0) is 0 Å². The standard InChI is InChI=1S/C23H20N4O2/c1-16-9-8-10-17(15-16)22-25-21(26-27(22)18-11-4-3-5-12-18)23(28)24-19-13-6-7-14-20(19)29-2/h3-15H,1-2H3,(H,24,28). The lowest BCUT2D eigenvalue weighted by molar-refractivity contribution is 0.101. The highest BCUT2D eigenvalue weighted by Gasteiger charge is 2.20. The maximum atomic E-state index is 12.9. The molecule has 0 saturated heterocycles. The first kappa shape index (κ1) is 18.4. The second-order valence-corrected chi connectivity index (χ2v) is 6.53. The number of para-hydroxylation sites is 3. The van der Waals surface area contributed by atoms with Gasteiger partial charge >= 0.3 is 0 Å². The molecule has 0 unspecified atom stereocenters. The van der Waals surface area contributed by atoms with Crippen molar-refractivity contribution in [3.05, 3.63) is 90.3 Å². The summed E-state index contributed by atoms with van der Waals surface area (Å²) in [6.45, 7) is 2.02. The summed E-state index contributed by atoms with van der Waals surface area (Å²) < 4.78 is 6.99. The van der Waals surface area contributed by atoms with E-state index in [1.165, 1.54) is 0 Å². The number of aryl methyl sites for hydroxylation is 1. The van der Waals surface area contributed by atoms with Crippen molar-refractivity contribution in [3.8, 4) is 22.8 Å². The van der Waals surface area contributed by atoms with Gasteiger partial charge in [-0.25, -0.2) is 9.67 Å². The highest BCUT2D eigenvalue weighted by atomic mass is 16.5. The summed E-state index contributed by atoms with van der Waals surface area (Å²) in [5.41, 5.74) is 3.38. The maximum Gasteiger partial charge on any atom is 0.295 e. The zero-order valence-electron chi connectivity index (χ0n) is 16.2. The highest BCUT2D eigenvalue weighted by molar-refractivity contribution is 6.02. The van der Waals surface area contributed by atoms with Crippen LogP contribution in [0.15, 0.2) is 78.9 Å². The van der Waals surface area contributed by atoms with Crippen molar-refractivity contribution in [1.82, 2.24) is 14.8 Å². The summed E-state index contributed by atoms with van der Waals surface area (Å²) in [7, 11) is 1.56. The quantitative estimate of drug-likeness (QED) is 0.550. The molecule has 1 aromatic heterocycles. The molecule has 0 aliphatic heterocycles.